The second kappa shape index (κ2) is 11.6. The predicted molar refractivity (Wildman–Crippen MR) is 167 cm³/mol. The predicted octanol–water partition coefficient (Wildman–Crippen LogP) is 6.27. The van der Waals surface area contributed by atoms with E-state index in [-0.39, 0.29) is 30.6 Å². The highest BCUT2D eigenvalue weighted by Gasteiger charge is 2.28. The highest BCUT2D eigenvalue weighted by Crippen LogP contribution is 2.36. The number of nitrogens with zero attached hydrogens (tertiary/aromatic N) is 6. The molecule has 1 aromatic carbocycles. The number of amides is 1. The number of pyridine rings is 1. The van der Waals surface area contributed by atoms with E-state index >= 15 is 0 Å². The molecule has 11 nitrogen and oxygen atoms in total. The fourth-order valence-corrected chi connectivity index (χ4v) is 6.21. The molecule has 1 amide bonds. The summed E-state index contributed by atoms with van der Waals surface area (Å²) in [5.41, 5.74) is 7.76. The van der Waals surface area contributed by atoms with E-state index in [1.807, 2.05) is 33.0 Å². The van der Waals surface area contributed by atoms with E-state index in [9.17, 15) is 4.79 Å². The number of hydrogen-bond acceptors (Lipinski definition) is 8. The maximum absolute atomic E-state index is 13.0. The van der Waals surface area contributed by atoms with Gasteiger partial charge in [-0.2, -0.15) is 10.1 Å². The molecule has 1 atom stereocenters. The van der Waals surface area contributed by atoms with E-state index in [0.717, 1.165) is 84.6 Å². The molecule has 0 spiro atoms. The fourth-order valence-electron chi connectivity index (χ4n) is 6.21. The third-order valence-corrected chi connectivity index (χ3v) is 8.57. The Hall–Kier alpha value is -4.38. The summed E-state index contributed by atoms with van der Waals surface area (Å²) < 4.78 is 13.0. The lowest BCUT2D eigenvalue weighted by molar-refractivity contribution is 0.0657. The smallest absolute Gasteiger partial charge is 0.293 e. The van der Waals surface area contributed by atoms with Crippen LogP contribution in [0.15, 0.2) is 41.2 Å². The van der Waals surface area contributed by atoms with Gasteiger partial charge in [0, 0.05) is 36.1 Å². The average molecular weight is 597 g/mol. The molecule has 7 rings (SSSR count). The Morgan fingerprint density at radius 2 is 1.91 bits per heavy atom. The number of H-pyrrole nitrogens is 1. The zero-order chi connectivity index (χ0) is 29.7. The van der Waals surface area contributed by atoms with E-state index in [2.05, 4.69) is 55.2 Å². The molecule has 1 fully saturated rings. The van der Waals surface area contributed by atoms with Crippen molar-refractivity contribution < 1.29 is 14.1 Å². The van der Waals surface area contributed by atoms with E-state index < -0.39 is 0 Å². The van der Waals surface area contributed by atoms with Crippen LogP contribution in [-0.4, -0.2) is 54.0 Å². The van der Waals surface area contributed by atoms with Crippen molar-refractivity contribution in [3.8, 4) is 22.5 Å². The molecule has 0 saturated carbocycles. The first-order valence-corrected chi connectivity index (χ1v) is 15.0. The highest BCUT2D eigenvalue weighted by atomic mass is 16.5. The van der Waals surface area contributed by atoms with Crippen LogP contribution in [0.4, 0.5) is 0 Å². The number of aromatic amines is 1. The zero-order valence-corrected chi connectivity index (χ0v) is 25.0. The topological polar surface area (TPSA) is 137 Å². The molecule has 1 saturated heterocycles. The Balaban J connectivity index is 0.00000343. The summed E-state index contributed by atoms with van der Waals surface area (Å²) in [5, 5.41) is 11.8. The molecule has 0 bridgehead atoms. The van der Waals surface area contributed by atoms with Crippen molar-refractivity contribution in [2.24, 2.45) is 0 Å². The highest BCUT2D eigenvalue weighted by molar-refractivity contribution is 5.92. The number of carbonyl (C=O) groups is 1. The van der Waals surface area contributed by atoms with E-state index in [4.69, 9.17) is 19.3 Å². The Labute approximate surface area is 256 Å². The molecule has 2 N–H and O–H groups in total. The molecule has 44 heavy (non-hydrogen) atoms. The van der Waals surface area contributed by atoms with Crippen molar-refractivity contribution in [3.63, 3.8) is 0 Å². The maximum Gasteiger partial charge on any atom is 0.293 e. The normalized spacial score (nSPS) is 17.3. The van der Waals surface area contributed by atoms with Gasteiger partial charge in [-0.25, -0.2) is 9.97 Å². The minimum Gasteiger partial charge on any atom is -0.381 e. The quantitative estimate of drug-likeness (QED) is 0.242. The molecule has 4 aromatic heterocycles. The first kappa shape index (κ1) is 29.7. The molecule has 5 heterocycles. The van der Waals surface area contributed by atoms with Gasteiger partial charge in [0.25, 0.3) is 11.7 Å². The summed E-state index contributed by atoms with van der Waals surface area (Å²) >= 11 is 0. The monoisotopic (exact) mass is 596 g/mol. The number of ether oxygens (including phenoxy) is 1. The minimum atomic E-state index is -0.322. The largest absolute Gasteiger partial charge is 0.381 e. The first-order valence-electron chi connectivity index (χ1n) is 15.0. The molecular formula is C33H40N8O3. The lowest BCUT2D eigenvalue weighted by Crippen LogP contribution is -2.31. The van der Waals surface area contributed by atoms with Crippen LogP contribution in [0.25, 0.3) is 33.7 Å². The van der Waals surface area contributed by atoms with Crippen molar-refractivity contribution in [1.82, 2.24) is 40.2 Å². The van der Waals surface area contributed by atoms with Crippen molar-refractivity contribution >= 4 is 17.1 Å². The van der Waals surface area contributed by atoms with Gasteiger partial charge < -0.3 is 19.6 Å². The number of carbonyl (C=O) groups excluding carboxylic acids is 1. The van der Waals surface area contributed by atoms with Crippen molar-refractivity contribution in [2.45, 2.75) is 84.7 Å². The molecular weight excluding hydrogens is 556 g/mol. The number of benzene rings is 1. The van der Waals surface area contributed by atoms with Crippen LogP contribution < -0.4 is 5.32 Å². The van der Waals surface area contributed by atoms with Gasteiger partial charge in [0.05, 0.1) is 29.4 Å². The molecule has 1 aliphatic carbocycles. The number of aromatic nitrogens is 7. The number of fused-ring (bicyclic) bond motifs is 2. The third-order valence-electron chi connectivity index (χ3n) is 8.57. The molecule has 11 heteroatoms. The zero-order valence-electron chi connectivity index (χ0n) is 25.0. The average Bonchev–Trinajstić information content (AvgIpc) is 3.75. The second-order valence-electron chi connectivity index (χ2n) is 12.6. The van der Waals surface area contributed by atoms with Crippen LogP contribution in [0.1, 0.15) is 99.3 Å². The second-order valence-corrected chi connectivity index (χ2v) is 12.6. The van der Waals surface area contributed by atoms with Crippen LogP contribution in [0.2, 0.25) is 0 Å². The summed E-state index contributed by atoms with van der Waals surface area (Å²) in [6.45, 7) is 9.55. The molecule has 1 aliphatic heterocycles. The van der Waals surface area contributed by atoms with Gasteiger partial charge in [-0.05, 0) is 61.8 Å². The van der Waals surface area contributed by atoms with Crippen LogP contribution in [0.3, 0.4) is 0 Å². The lowest BCUT2D eigenvalue weighted by atomic mass is 9.85. The van der Waals surface area contributed by atoms with Crippen LogP contribution >= 0.6 is 0 Å². The Morgan fingerprint density at radius 3 is 2.68 bits per heavy atom. The minimum absolute atomic E-state index is 0. The maximum atomic E-state index is 13.0. The number of aryl methyl sites for hydroxylation is 1. The molecule has 0 unspecified atom stereocenters. The van der Waals surface area contributed by atoms with Gasteiger partial charge in [-0.15, -0.1) is 0 Å². The first-order chi connectivity index (χ1) is 20.8. The van der Waals surface area contributed by atoms with Gasteiger partial charge in [-0.3, -0.25) is 9.48 Å². The lowest BCUT2D eigenvalue weighted by Gasteiger charge is -2.26. The molecule has 230 valence electrons. The fraction of sp³-hybridized carbons (Fsp3) is 0.455. The van der Waals surface area contributed by atoms with Crippen molar-refractivity contribution in [3.05, 3.63) is 65.2 Å². The van der Waals surface area contributed by atoms with Gasteiger partial charge in [-0.1, -0.05) is 51.6 Å². The van der Waals surface area contributed by atoms with Crippen molar-refractivity contribution in [2.75, 3.05) is 13.2 Å². The van der Waals surface area contributed by atoms with Gasteiger partial charge in [0.2, 0.25) is 5.89 Å². The van der Waals surface area contributed by atoms with E-state index in [1.54, 1.807) is 6.20 Å². The number of hydrogen-bond donors (Lipinski definition) is 2. The van der Waals surface area contributed by atoms with Gasteiger partial charge in [0.15, 0.2) is 5.65 Å². The van der Waals surface area contributed by atoms with Gasteiger partial charge in [0.1, 0.15) is 5.82 Å². The summed E-state index contributed by atoms with van der Waals surface area (Å²) in [4.78, 5) is 30.3. The SMILES string of the molecule is C.Cc1c(-c2nc3nccc(-c4ccc5c(c4)CCC[C@H]5NC(=O)c4noc(C(C)(C)C)n4)c3[nH]2)cnn1C1CCOCC1. The molecule has 2 aliphatic rings. The Morgan fingerprint density at radius 1 is 1.09 bits per heavy atom. The summed E-state index contributed by atoms with van der Waals surface area (Å²) in [5.74, 6) is 0.955. The number of rotatable bonds is 5. The van der Waals surface area contributed by atoms with Gasteiger partial charge >= 0.3 is 0 Å². The number of nitrogens with one attached hydrogen (secondary N) is 2. The van der Waals surface area contributed by atoms with Crippen molar-refractivity contribution in [1.29, 1.82) is 0 Å². The third kappa shape index (κ3) is 5.40. The molecule has 5 aromatic rings. The van der Waals surface area contributed by atoms with Crippen LogP contribution in [0.5, 0.6) is 0 Å². The summed E-state index contributed by atoms with van der Waals surface area (Å²) in [7, 11) is 0. The van der Waals surface area contributed by atoms with E-state index in [0.29, 0.717) is 17.6 Å². The number of imidazole rings is 1. The summed E-state index contributed by atoms with van der Waals surface area (Å²) in [6.07, 6.45) is 8.40. The Bertz CT molecular complexity index is 1810. The van der Waals surface area contributed by atoms with Crippen LogP contribution in [-0.2, 0) is 16.6 Å². The van der Waals surface area contributed by atoms with Crippen LogP contribution in [0, 0.1) is 6.92 Å². The molecule has 0 radical (unpaired) electrons. The standard InChI is InChI=1S/C32H36N8O3.CH4/c1-18-24(17-34-40(18)21-11-14-42-15-12-21)27-36-26-23(10-13-33-28(26)37-27)20-8-9-22-19(16-20)6-5-7-25(22)35-30(41)29-38-31(43-39-29)32(2,3)4;/h8-10,13,16-17,21,25H,5-7,11-12,14-15H2,1-4H3,(H,35,41)(H,33,36,37);1H4/t25-;/m1./s1. The Kier molecular flexibility index (Phi) is 7.83. The van der Waals surface area contributed by atoms with E-state index in [1.165, 1.54) is 5.56 Å². The summed E-state index contributed by atoms with van der Waals surface area (Å²) in [6, 6.07) is 8.71.